The minimum absolute atomic E-state index is 0.102. The monoisotopic (exact) mass is 350 g/mol. The first-order valence-electron chi connectivity index (χ1n) is 7.59. The van der Waals surface area contributed by atoms with Gasteiger partial charge in [0.1, 0.15) is 0 Å². The van der Waals surface area contributed by atoms with Gasteiger partial charge in [-0.25, -0.2) is 12.7 Å². The van der Waals surface area contributed by atoms with Crippen LogP contribution in [0.25, 0.3) is 0 Å². The van der Waals surface area contributed by atoms with Crippen molar-refractivity contribution in [2.75, 3.05) is 20.6 Å². The van der Waals surface area contributed by atoms with Gasteiger partial charge in [0.2, 0.25) is 10.0 Å². The molecule has 0 aliphatic rings. The molecule has 130 valence electrons. The molecule has 1 heterocycles. The van der Waals surface area contributed by atoms with Gasteiger partial charge >= 0.3 is 0 Å². The van der Waals surface area contributed by atoms with Gasteiger partial charge in [-0.15, -0.1) is 0 Å². The Morgan fingerprint density at radius 3 is 2.71 bits per heavy atom. The van der Waals surface area contributed by atoms with E-state index >= 15 is 0 Å². The highest BCUT2D eigenvalue weighted by molar-refractivity contribution is 7.89. The van der Waals surface area contributed by atoms with E-state index in [0.29, 0.717) is 18.7 Å². The van der Waals surface area contributed by atoms with Gasteiger partial charge in [0.05, 0.1) is 4.90 Å². The Morgan fingerprint density at radius 1 is 1.33 bits per heavy atom. The summed E-state index contributed by atoms with van der Waals surface area (Å²) in [6.45, 7) is 3.18. The number of carbonyl (C=O) groups is 1. The Labute approximate surface area is 142 Å². The Bertz CT molecular complexity index is 785. The molecular formula is C16H22N4O3S. The van der Waals surface area contributed by atoms with Gasteiger partial charge < -0.3 is 5.32 Å². The lowest BCUT2D eigenvalue weighted by Gasteiger charge is -2.14. The molecule has 0 radical (unpaired) electrons. The molecule has 0 aliphatic carbocycles. The predicted octanol–water partition coefficient (Wildman–Crippen LogP) is 1.20. The van der Waals surface area contributed by atoms with Crippen LogP contribution in [0, 0.1) is 5.92 Å². The van der Waals surface area contributed by atoms with Crippen LogP contribution in [0.15, 0.2) is 47.6 Å². The summed E-state index contributed by atoms with van der Waals surface area (Å²) in [5, 5.41) is 6.96. The Hall–Kier alpha value is -2.19. The molecular weight excluding hydrogens is 328 g/mol. The van der Waals surface area contributed by atoms with E-state index in [1.54, 1.807) is 23.0 Å². The molecule has 1 amide bonds. The summed E-state index contributed by atoms with van der Waals surface area (Å²) in [4.78, 5) is 12.4. The quantitative estimate of drug-likeness (QED) is 0.813. The number of nitrogens with one attached hydrogen (secondary N) is 1. The topological polar surface area (TPSA) is 84.3 Å². The number of nitrogens with zero attached hydrogens (tertiary/aromatic N) is 3. The molecule has 0 spiro atoms. The second-order valence-electron chi connectivity index (χ2n) is 5.86. The molecule has 7 nitrogen and oxygen atoms in total. The number of hydrogen-bond acceptors (Lipinski definition) is 4. The van der Waals surface area contributed by atoms with Crippen LogP contribution < -0.4 is 5.32 Å². The molecule has 1 unspecified atom stereocenters. The zero-order chi connectivity index (χ0) is 17.7. The Kier molecular flexibility index (Phi) is 5.74. The fourth-order valence-electron chi connectivity index (χ4n) is 2.17. The normalized spacial score (nSPS) is 13.0. The van der Waals surface area contributed by atoms with Crippen LogP contribution >= 0.6 is 0 Å². The van der Waals surface area contributed by atoms with Crippen molar-refractivity contribution >= 4 is 15.9 Å². The standard InChI is InChI=1S/C16H22N4O3S/c1-13(12-20-9-5-8-18-20)11-17-16(21)14-6-4-7-15(10-14)24(22,23)19(2)3/h4-10,13H,11-12H2,1-3H3,(H,17,21). The van der Waals surface area contributed by atoms with Crippen LogP contribution in [-0.4, -0.2) is 49.1 Å². The molecule has 0 aliphatic heterocycles. The number of aromatic nitrogens is 2. The highest BCUT2D eigenvalue weighted by Crippen LogP contribution is 2.15. The van der Waals surface area contributed by atoms with Gasteiger partial charge in [0.15, 0.2) is 0 Å². The molecule has 2 aromatic rings. The van der Waals surface area contributed by atoms with E-state index in [2.05, 4.69) is 10.4 Å². The molecule has 1 aromatic heterocycles. The van der Waals surface area contributed by atoms with Gasteiger partial charge in [0, 0.05) is 45.1 Å². The summed E-state index contributed by atoms with van der Waals surface area (Å²) in [6.07, 6.45) is 3.58. The van der Waals surface area contributed by atoms with Gasteiger partial charge in [-0.05, 0) is 30.2 Å². The van der Waals surface area contributed by atoms with Crippen LogP contribution in [0.2, 0.25) is 0 Å². The first kappa shape index (κ1) is 18.2. The first-order valence-corrected chi connectivity index (χ1v) is 9.03. The van der Waals surface area contributed by atoms with Crippen molar-refractivity contribution in [3.63, 3.8) is 0 Å². The molecule has 1 atom stereocenters. The van der Waals surface area contributed by atoms with Crippen LogP contribution in [0.1, 0.15) is 17.3 Å². The van der Waals surface area contributed by atoms with Crippen molar-refractivity contribution in [2.24, 2.45) is 5.92 Å². The zero-order valence-corrected chi connectivity index (χ0v) is 14.8. The molecule has 1 N–H and O–H groups in total. The molecule has 0 saturated carbocycles. The molecule has 0 fully saturated rings. The van der Waals surface area contributed by atoms with Gasteiger partial charge in [-0.1, -0.05) is 13.0 Å². The number of hydrogen-bond donors (Lipinski definition) is 1. The van der Waals surface area contributed by atoms with E-state index in [1.165, 1.54) is 26.2 Å². The fourth-order valence-corrected chi connectivity index (χ4v) is 3.12. The highest BCUT2D eigenvalue weighted by atomic mass is 32.2. The fraction of sp³-hybridized carbons (Fsp3) is 0.375. The number of sulfonamides is 1. The van der Waals surface area contributed by atoms with Gasteiger partial charge in [-0.3, -0.25) is 9.48 Å². The van der Waals surface area contributed by atoms with E-state index in [1.807, 2.05) is 19.2 Å². The number of amides is 1. The van der Waals surface area contributed by atoms with E-state index < -0.39 is 10.0 Å². The summed E-state index contributed by atoms with van der Waals surface area (Å²) in [6, 6.07) is 7.89. The maximum Gasteiger partial charge on any atom is 0.251 e. The molecule has 1 aromatic carbocycles. The van der Waals surface area contributed by atoms with E-state index in [4.69, 9.17) is 0 Å². The third-order valence-corrected chi connectivity index (χ3v) is 5.35. The lowest BCUT2D eigenvalue weighted by molar-refractivity contribution is 0.0946. The Morgan fingerprint density at radius 2 is 2.08 bits per heavy atom. The second kappa shape index (κ2) is 7.59. The number of carbonyl (C=O) groups excluding carboxylic acids is 1. The second-order valence-corrected chi connectivity index (χ2v) is 8.01. The smallest absolute Gasteiger partial charge is 0.251 e. The van der Waals surface area contributed by atoms with Crippen molar-refractivity contribution in [3.8, 4) is 0 Å². The summed E-state index contributed by atoms with van der Waals surface area (Å²) in [7, 11) is -0.642. The van der Waals surface area contributed by atoms with Crippen molar-refractivity contribution in [2.45, 2.75) is 18.4 Å². The number of benzene rings is 1. The summed E-state index contributed by atoms with van der Waals surface area (Å²) in [5.74, 6) is -0.0966. The van der Waals surface area contributed by atoms with Crippen molar-refractivity contribution in [3.05, 3.63) is 48.3 Å². The molecule has 8 heteroatoms. The van der Waals surface area contributed by atoms with Crippen molar-refractivity contribution in [1.82, 2.24) is 19.4 Å². The summed E-state index contributed by atoms with van der Waals surface area (Å²) < 4.78 is 27.2. The van der Waals surface area contributed by atoms with Gasteiger partial charge in [-0.2, -0.15) is 5.10 Å². The van der Waals surface area contributed by atoms with Crippen LogP contribution in [-0.2, 0) is 16.6 Å². The molecule has 2 rings (SSSR count). The summed E-state index contributed by atoms with van der Waals surface area (Å²) in [5.41, 5.74) is 0.323. The van der Waals surface area contributed by atoms with Crippen LogP contribution in [0.4, 0.5) is 0 Å². The maximum atomic E-state index is 12.3. The first-order chi connectivity index (χ1) is 11.3. The third-order valence-electron chi connectivity index (χ3n) is 3.54. The average molecular weight is 350 g/mol. The van der Waals surface area contributed by atoms with Crippen LogP contribution in [0.3, 0.4) is 0 Å². The minimum Gasteiger partial charge on any atom is -0.352 e. The molecule has 0 saturated heterocycles. The Balaban J connectivity index is 2.00. The SMILES string of the molecule is CC(CNC(=O)c1cccc(S(=O)(=O)N(C)C)c1)Cn1cccn1. The van der Waals surface area contributed by atoms with E-state index in [0.717, 1.165) is 4.31 Å². The van der Waals surface area contributed by atoms with Crippen LogP contribution in [0.5, 0.6) is 0 Å². The maximum absolute atomic E-state index is 12.3. The average Bonchev–Trinajstić information content (AvgIpc) is 3.05. The summed E-state index contributed by atoms with van der Waals surface area (Å²) >= 11 is 0. The van der Waals surface area contributed by atoms with E-state index in [9.17, 15) is 13.2 Å². The van der Waals surface area contributed by atoms with Gasteiger partial charge in [0.25, 0.3) is 5.91 Å². The lowest BCUT2D eigenvalue weighted by Crippen LogP contribution is -2.30. The van der Waals surface area contributed by atoms with E-state index in [-0.39, 0.29) is 16.7 Å². The zero-order valence-electron chi connectivity index (χ0n) is 14.0. The molecule has 24 heavy (non-hydrogen) atoms. The predicted molar refractivity (Wildman–Crippen MR) is 91.0 cm³/mol. The lowest BCUT2D eigenvalue weighted by atomic mass is 10.1. The van der Waals surface area contributed by atoms with Crippen molar-refractivity contribution < 1.29 is 13.2 Å². The molecule has 0 bridgehead atoms. The third kappa shape index (κ3) is 4.42. The van der Waals surface area contributed by atoms with Crippen molar-refractivity contribution in [1.29, 1.82) is 0 Å². The largest absolute Gasteiger partial charge is 0.352 e. The minimum atomic E-state index is -3.56. The number of rotatable bonds is 7. The highest BCUT2D eigenvalue weighted by Gasteiger charge is 2.18.